The minimum absolute atomic E-state index is 0.00597. The van der Waals surface area contributed by atoms with Crippen LogP contribution in [-0.4, -0.2) is 30.9 Å². The molecule has 1 N–H and O–H groups in total. The molecule has 0 radical (unpaired) electrons. The van der Waals surface area contributed by atoms with Gasteiger partial charge in [0.2, 0.25) is 5.91 Å². The monoisotopic (exact) mass is 266 g/mol. The van der Waals surface area contributed by atoms with Crippen molar-refractivity contribution < 1.29 is 13.6 Å². The van der Waals surface area contributed by atoms with Gasteiger partial charge in [-0.3, -0.25) is 4.79 Å². The Morgan fingerprint density at radius 2 is 2.00 bits per heavy atom. The largest absolute Gasteiger partial charge is 0.325 e. The quantitative estimate of drug-likeness (QED) is 0.847. The molecule has 102 valence electrons. The lowest BCUT2D eigenvalue weighted by atomic mass is 9.73. The highest BCUT2D eigenvalue weighted by atomic mass is 19.3. The van der Waals surface area contributed by atoms with Crippen LogP contribution in [0.15, 0.2) is 18.2 Å². The van der Waals surface area contributed by atoms with Crippen LogP contribution in [0.3, 0.4) is 0 Å². The fourth-order valence-electron chi connectivity index (χ4n) is 3.06. The number of anilines is 1. The molecule has 1 spiro atoms. The van der Waals surface area contributed by atoms with Crippen molar-refractivity contribution in [2.45, 2.75) is 24.7 Å². The molecule has 0 aromatic heterocycles. The second kappa shape index (κ2) is 4.27. The maximum atomic E-state index is 12.8. The third-order valence-electron chi connectivity index (χ3n) is 4.33. The van der Waals surface area contributed by atoms with Gasteiger partial charge in [-0.1, -0.05) is 6.07 Å². The van der Waals surface area contributed by atoms with Crippen LogP contribution in [0.25, 0.3) is 0 Å². The minimum atomic E-state index is -2.50. The molecule has 3 nitrogen and oxygen atoms in total. The number of carbonyl (C=O) groups excluding carboxylic acids is 1. The highest BCUT2D eigenvalue weighted by Gasteiger charge is 2.48. The molecule has 2 heterocycles. The van der Waals surface area contributed by atoms with Gasteiger partial charge in [0, 0.05) is 11.3 Å². The van der Waals surface area contributed by atoms with Crippen LogP contribution < -0.4 is 5.32 Å². The number of benzene rings is 1. The number of nitrogens with zero attached hydrogens (tertiary/aromatic N) is 1. The van der Waals surface area contributed by atoms with Crippen molar-refractivity contribution in [1.82, 2.24) is 4.90 Å². The van der Waals surface area contributed by atoms with Gasteiger partial charge in [0.25, 0.3) is 6.43 Å². The second-order valence-electron chi connectivity index (χ2n) is 5.45. The molecule has 0 saturated carbocycles. The molecule has 1 aromatic rings. The van der Waals surface area contributed by atoms with Crippen LogP contribution in [-0.2, 0) is 10.2 Å². The maximum Gasteiger partial charge on any atom is 0.263 e. The number of piperidine rings is 1. The summed E-state index contributed by atoms with van der Waals surface area (Å²) in [6, 6.07) is 4.49. The Hall–Kier alpha value is -1.49. The summed E-state index contributed by atoms with van der Waals surface area (Å²) in [4.78, 5) is 14.4. The molecule has 2 aliphatic rings. The first-order chi connectivity index (χ1) is 9.03. The summed E-state index contributed by atoms with van der Waals surface area (Å²) in [5.41, 5.74) is 0.836. The molecule has 2 aliphatic heterocycles. The number of hydrogen-bond acceptors (Lipinski definition) is 2. The molecule has 19 heavy (non-hydrogen) atoms. The standard InChI is InChI=1S/C14H16F2N2O/c1-18-6-4-14(5-7-18)10-8-9(12(15)16)2-3-11(10)17-13(14)19/h2-3,8,12H,4-7H2,1H3,(H,17,19). The van der Waals surface area contributed by atoms with Gasteiger partial charge in [-0.2, -0.15) is 0 Å². The van der Waals surface area contributed by atoms with E-state index in [1.807, 2.05) is 7.05 Å². The van der Waals surface area contributed by atoms with E-state index in [4.69, 9.17) is 0 Å². The van der Waals surface area contributed by atoms with Crippen LogP contribution in [0.1, 0.15) is 30.4 Å². The number of rotatable bonds is 1. The number of alkyl halides is 2. The van der Waals surface area contributed by atoms with E-state index in [2.05, 4.69) is 10.2 Å². The average molecular weight is 266 g/mol. The van der Waals surface area contributed by atoms with E-state index >= 15 is 0 Å². The molecule has 0 unspecified atom stereocenters. The van der Waals surface area contributed by atoms with Crippen molar-refractivity contribution in [3.63, 3.8) is 0 Å². The predicted octanol–water partition coefficient (Wildman–Crippen LogP) is 2.54. The zero-order valence-corrected chi connectivity index (χ0v) is 10.7. The van der Waals surface area contributed by atoms with Gasteiger partial charge in [-0.05, 0) is 50.7 Å². The molecule has 1 aromatic carbocycles. The van der Waals surface area contributed by atoms with Crippen LogP contribution in [0.5, 0.6) is 0 Å². The Bertz CT molecular complexity index is 522. The van der Waals surface area contributed by atoms with Gasteiger partial charge in [0.15, 0.2) is 0 Å². The summed E-state index contributed by atoms with van der Waals surface area (Å²) in [5, 5.41) is 2.84. The SMILES string of the molecule is CN1CCC2(CC1)C(=O)Nc1ccc(C(F)F)cc12. The van der Waals surface area contributed by atoms with Crippen molar-refractivity contribution in [3.8, 4) is 0 Å². The van der Waals surface area contributed by atoms with Gasteiger partial charge >= 0.3 is 0 Å². The van der Waals surface area contributed by atoms with Crippen molar-refractivity contribution in [2.24, 2.45) is 0 Å². The first kappa shape index (κ1) is 12.5. The third kappa shape index (κ3) is 1.84. The van der Waals surface area contributed by atoms with E-state index in [1.165, 1.54) is 12.1 Å². The van der Waals surface area contributed by atoms with Crippen LogP contribution in [0, 0.1) is 0 Å². The summed E-state index contributed by atoms with van der Waals surface area (Å²) in [5.74, 6) is -0.0398. The van der Waals surface area contributed by atoms with E-state index in [0.29, 0.717) is 18.5 Å². The van der Waals surface area contributed by atoms with Crippen molar-refractivity contribution >= 4 is 11.6 Å². The molecule has 0 atom stereocenters. The van der Waals surface area contributed by atoms with Gasteiger partial charge in [-0.15, -0.1) is 0 Å². The minimum Gasteiger partial charge on any atom is -0.325 e. The summed E-state index contributed by atoms with van der Waals surface area (Å²) >= 11 is 0. The number of halogens is 2. The van der Waals surface area contributed by atoms with E-state index in [1.54, 1.807) is 6.07 Å². The summed E-state index contributed by atoms with van der Waals surface area (Å²) in [6.45, 7) is 1.62. The average Bonchev–Trinajstić information content (AvgIpc) is 2.65. The smallest absolute Gasteiger partial charge is 0.263 e. The highest BCUT2D eigenvalue weighted by Crippen LogP contribution is 2.45. The van der Waals surface area contributed by atoms with Crippen LogP contribution in [0.2, 0.25) is 0 Å². The van der Waals surface area contributed by atoms with Crippen LogP contribution in [0.4, 0.5) is 14.5 Å². The molecule has 0 aliphatic carbocycles. The van der Waals surface area contributed by atoms with Crippen LogP contribution >= 0.6 is 0 Å². The Morgan fingerprint density at radius 3 is 2.63 bits per heavy atom. The Balaban J connectivity index is 2.05. The Kier molecular flexibility index (Phi) is 2.82. The number of likely N-dealkylation sites (tertiary alicyclic amines) is 1. The number of hydrogen-bond donors (Lipinski definition) is 1. The highest BCUT2D eigenvalue weighted by molar-refractivity contribution is 6.06. The fourth-order valence-corrected chi connectivity index (χ4v) is 3.06. The summed E-state index contributed by atoms with van der Waals surface area (Å²) < 4.78 is 25.7. The lowest BCUT2D eigenvalue weighted by Crippen LogP contribution is -2.45. The molecule has 5 heteroatoms. The van der Waals surface area contributed by atoms with Gasteiger partial charge in [0.05, 0.1) is 5.41 Å². The molecule has 1 fully saturated rings. The first-order valence-electron chi connectivity index (χ1n) is 6.45. The summed E-state index contributed by atoms with van der Waals surface area (Å²) in [6.07, 6.45) is -1.12. The van der Waals surface area contributed by atoms with Crippen molar-refractivity contribution in [2.75, 3.05) is 25.5 Å². The van der Waals surface area contributed by atoms with E-state index < -0.39 is 11.8 Å². The number of fused-ring (bicyclic) bond motifs is 2. The van der Waals surface area contributed by atoms with Crippen molar-refractivity contribution in [3.05, 3.63) is 29.3 Å². The molecule has 3 rings (SSSR count). The zero-order valence-electron chi connectivity index (χ0n) is 10.7. The lowest BCUT2D eigenvalue weighted by Gasteiger charge is -2.36. The topological polar surface area (TPSA) is 32.3 Å². The second-order valence-corrected chi connectivity index (χ2v) is 5.45. The number of carbonyl (C=O) groups is 1. The molecular formula is C14H16F2N2O. The van der Waals surface area contributed by atoms with E-state index in [9.17, 15) is 13.6 Å². The zero-order chi connectivity index (χ0) is 13.6. The van der Waals surface area contributed by atoms with Gasteiger partial charge in [-0.25, -0.2) is 8.78 Å². The van der Waals surface area contributed by atoms with E-state index in [0.717, 1.165) is 18.7 Å². The maximum absolute atomic E-state index is 12.8. The Labute approximate surface area is 110 Å². The molecule has 0 bridgehead atoms. The van der Waals surface area contributed by atoms with E-state index in [-0.39, 0.29) is 11.5 Å². The summed E-state index contributed by atoms with van der Waals surface area (Å²) in [7, 11) is 2.01. The lowest BCUT2D eigenvalue weighted by molar-refractivity contribution is -0.122. The molecule has 1 saturated heterocycles. The van der Waals surface area contributed by atoms with Gasteiger partial charge in [0.1, 0.15) is 0 Å². The predicted molar refractivity (Wildman–Crippen MR) is 68.4 cm³/mol. The third-order valence-corrected chi connectivity index (χ3v) is 4.33. The van der Waals surface area contributed by atoms with Crippen molar-refractivity contribution in [1.29, 1.82) is 0 Å². The molecule has 1 amide bonds. The fraction of sp³-hybridized carbons (Fsp3) is 0.500. The first-order valence-corrected chi connectivity index (χ1v) is 6.45. The van der Waals surface area contributed by atoms with Gasteiger partial charge < -0.3 is 10.2 Å². The molecular weight excluding hydrogens is 250 g/mol. The number of nitrogens with one attached hydrogen (secondary N) is 1. The number of amides is 1. The normalized spacial score (nSPS) is 21.8. The Morgan fingerprint density at radius 1 is 1.32 bits per heavy atom.